The van der Waals surface area contributed by atoms with Gasteiger partial charge in [0.05, 0.1) is 22.8 Å². The van der Waals surface area contributed by atoms with Crippen molar-refractivity contribution in [3.05, 3.63) is 60.7 Å². The molecule has 1 saturated heterocycles. The first-order chi connectivity index (χ1) is 20.0. The average molecular weight is 600 g/mol. The first-order valence-electron chi connectivity index (χ1n) is 13.8. The predicted molar refractivity (Wildman–Crippen MR) is 158 cm³/mol. The van der Waals surface area contributed by atoms with Crippen LogP contribution < -0.4 is 14.5 Å². The van der Waals surface area contributed by atoms with Gasteiger partial charge in [-0.1, -0.05) is 18.2 Å². The van der Waals surface area contributed by atoms with Crippen molar-refractivity contribution in [1.82, 2.24) is 14.2 Å². The summed E-state index contributed by atoms with van der Waals surface area (Å²) in [7, 11) is 0.895. The molecule has 42 heavy (non-hydrogen) atoms. The van der Waals surface area contributed by atoms with Crippen LogP contribution >= 0.6 is 0 Å². The van der Waals surface area contributed by atoms with Crippen LogP contribution in [0.15, 0.2) is 65.6 Å². The van der Waals surface area contributed by atoms with Gasteiger partial charge in [-0.3, -0.25) is 9.69 Å². The SMILES string of the molecule is C[C@@H]1C(=O)N(C)c2ccc(-c3cc(S(=O)(=O)N(C)C)ccc3Oc3ccccc3)nc2N1C1CCN(CC(F)F)CC1. The summed E-state index contributed by atoms with van der Waals surface area (Å²) in [5.41, 5.74) is 1.58. The fourth-order valence-corrected chi connectivity index (χ4v) is 6.52. The summed E-state index contributed by atoms with van der Waals surface area (Å²) >= 11 is 0. The van der Waals surface area contributed by atoms with Crippen molar-refractivity contribution in [3.8, 4) is 22.8 Å². The Morgan fingerprint density at radius 1 is 1.05 bits per heavy atom. The second-order valence-electron chi connectivity index (χ2n) is 10.8. The van der Waals surface area contributed by atoms with Crippen molar-refractivity contribution >= 4 is 27.4 Å². The van der Waals surface area contributed by atoms with Crippen molar-refractivity contribution < 1.29 is 26.7 Å². The van der Waals surface area contributed by atoms with E-state index in [0.29, 0.717) is 60.2 Å². The molecule has 1 aromatic heterocycles. The molecule has 3 heterocycles. The van der Waals surface area contributed by atoms with Gasteiger partial charge in [-0.2, -0.15) is 0 Å². The number of carbonyl (C=O) groups is 1. The summed E-state index contributed by atoms with van der Waals surface area (Å²) in [5.74, 6) is 1.50. The third-order valence-electron chi connectivity index (χ3n) is 7.89. The first-order valence-corrected chi connectivity index (χ1v) is 15.3. The van der Waals surface area contributed by atoms with Gasteiger partial charge >= 0.3 is 0 Å². The van der Waals surface area contributed by atoms with Crippen LogP contribution in [0.5, 0.6) is 11.5 Å². The number of hydrogen-bond donors (Lipinski definition) is 0. The van der Waals surface area contributed by atoms with Crippen LogP contribution in [0.25, 0.3) is 11.3 Å². The molecule has 12 heteroatoms. The topological polar surface area (TPSA) is 86.3 Å². The molecule has 224 valence electrons. The van der Waals surface area contributed by atoms with Crippen molar-refractivity contribution in [2.45, 2.75) is 43.2 Å². The number of ether oxygens (including phenoxy) is 1. The number of pyridine rings is 1. The van der Waals surface area contributed by atoms with E-state index in [0.717, 1.165) is 4.31 Å². The second-order valence-corrected chi connectivity index (χ2v) is 13.0. The Labute approximate surface area is 245 Å². The number of aromatic nitrogens is 1. The highest BCUT2D eigenvalue weighted by Crippen LogP contribution is 2.41. The summed E-state index contributed by atoms with van der Waals surface area (Å²) in [5, 5.41) is 0. The number of carbonyl (C=O) groups excluding carboxylic acids is 1. The van der Waals surface area contributed by atoms with Gasteiger partial charge in [0.1, 0.15) is 17.5 Å². The molecular weight excluding hydrogens is 564 g/mol. The number of sulfonamides is 1. The van der Waals surface area contributed by atoms with Gasteiger partial charge in [-0.25, -0.2) is 26.5 Å². The molecule has 3 aromatic rings. The van der Waals surface area contributed by atoms with E-state index >= 15 is 0 Å². The molecule has 1 fully saturated rings. The average Bonchev–Trinajstić information content (AvgIpc) is 2.97. The molecule has 2 aromatic carbocycles. The van der Waals surface area contributed by atoms with Crippen LogP contribution in [0, 0.1) is 0 Å². The van der Waals surface area contributed by atoms with E-state index in [1.54, 1.807) is 53.2 Å². The largest absolute Gasteiger partial charge is 0.457 e. The normalized spacial score (nSPS) is 18.6. The van der Waals surface area contributed by atoms with E-state index in [2.05, 4.69) is 0 Å². The highest BCUT2D eigenvalue weighted by atomic mass is 32.2. The summed E-state index contributed by atoms with van der Waals surface area (Å²) in [6, 6.07) is 16.8. The maximum Gasteiger partial charge on any atom is 0.251 e. The number of likely N-dealkylation sites (tertiary alicyclic amines) is 1. The minimum Gasteiger partial charge on any atom is -0.457 e. The summed E-state index contributed by atoms with van der Waals surface area (Å²) in [4.78, 5) is 23.7. The van der Waals surface area contributed by atoms with Gasteiger partial charge in [0, 0.05) is 45.8 Å². The van der Waals surface area contributed by atoms with Crippen LogP contribution in [-0.2, 0) is 14.8 Å². The van der Waals surface area contributed by atoms with Crippen LogP contribution in [0.4, 0.5) is 20.3 Å². The second kappa shape index (κ2) is 11.9. The molecule has 2 aliphatic rings. The molecule has 0 N–H and O–H groups in total. The van der Waals surface area contributed by atoms with Gasteiger partial charge in [-0.15, -0.1) is 0 Å². The summed E-state index contributed by atoms with van der Waals surface area (Å²) in [6.07, 6.45) is -1.17. The fraction of sp³-hybridized carbons (Fsp3) is 0.400. The van der Waals surface area contributed by atoms with Crippen molar-refractivity contribution in [3.63, 3.8) is 0 Å². The van der Waals surface area contributed by atoms with Crippen molar-refractivity contribution in [1.29, 1.82) is 0 Å². The van der Waals surface area contributed by atoms with E-state index in [1.807, 2.05) is 30.0 Å². The van der Waals surface area contributed by atoms with E-state index in [-0.39, 0.29) is 23.4 Å². The molecule has 9 nitrogen and oxygen atoms in total. The molecule has 0 bridgehead atoms. The highest BCUT2D eigenvalue weighted by Gasteiger charge is 2.40. The van der Waals surface area contributed by atoms with Crippen molar-refractivity contribution in [2.24, 2.45) is 0 Å². The highest BCUT2D eigenvalue weighted by molar-refractivity contribution is 7.89. The summed E-state index contributed by atoms with van der Waals surface area (Å²) < 4.78 is 59.4. The number of fused-ring (bicyclic) bond motifs is 1. The van der Waals surface area contributed by atoms with E-state index in [9.17, 15) is 22.0 Å². The number of rotatable bonds is 8. The van der Waals surface area contributed by atoms with Gasteiger partial charge < -0.3 is 14.5 Å². The molecule has 0 unspecified atom stereocenters. The number of alkyl halides is 2. The maximum absolute atomic E-state index is 13.2. The van der Waals surface area contributed by atoms with Crippen LogP contribution in [0.1, 0.15) is 19.8 Å². The maximum atomic E-state index is 13.2. The van der Waals surface area contributed by atoms with Crippen LogP contribution in [0.3, 0.4) is 0 Å². The molecule has 1 amide bonds. The van der Waals surface area contributed by atoms with Crippen LogP contribution in [-0.4, -0.2) is 87.8 Å². The Kier molecular flexibility index (Phi) is 8.49. The molecule has 2 aliphatic heterocycles. The number of anilines is 2. The zero-order valence-electron chi connectivity index (χ0n) is 24.1. The third kappa shape index (κ3) is 5.83. The molecule has 0 aliphatic carbocycles. The van der Waals surface area contributed by atoms with E-state index in [1.165, 1.54) is 20.2 Å². The smallest absolute Gasteiger partial charge is 0.251 e. The number of para-hydroxylation sites is 1. The first kappa shape index (κ1) is 29.9. The minimum absolute atomic E-state index is 0.0754. The van der Waals surface area contributed by atoms with Crippen molar-refractivity contribution in [2.75, 3.05) is 50.6 Å². The van der Waals surface area contributed by atoms with E-state index in [4.69, 9.17) is 9.72 Å². The lowest BCUT2D eigenvalue weighted by Gasteiger charge is -2.46. The predicted octanol–water partition coefficient (Wildman–Crippen LogP) is 4.69. The van der Waals surface area contributed by atoms with Crippen LogP contribution in [0.2, 0.25) is 0 Å². The Morgan fingerprint density at radius 3 is 2.38 bits per heavy atom. The number of hydrogen-bond acceptors (Lipinski definition) is 7. The Balaban J connectivity index is 1.59. The number of amides is 1. The van der Waals surface area contributed by atoms with Gasteiger partial charge in [0.2, 0.25) is 15.9 Å². The fourth-order valence-electron chi connectivity index (χ4n) is 5.59. The number of likely N-dealkylation sites (N-methyl/N-ethyl adjacent to an activating group) is 1. The molecule has 0 spiro atoms. The molecule has 1 atom stereocenters. The zero-order chi connectivity index (χ0) is 30.2. The Hall–Kier alpha value is -3.61. The van der Waals surface area contributed by atoms with Gasteiger partial charge in [-0.05, 0) is 62.2 Å². The number of halogens is 2. The van der Waals surface area contributed by atoms with Gasteiger partial charge in [0.15, 0.2) is 5.82 Å². The molecule has 5 rings (SSSR count). The quantitative estimate of drug-likeness (QED) is 0.371. The lowest BCUT2D eigenvalue weighted by molar-refractivity contribution is -0.119. The Bertz CT molecular complexity index is 1550. The minimum atomic E-state index is -3.75. The monoisotopic (exact) mass is 599 g/mol. The number of benzene rings is 2. The van der Waals surface area contributed by atoms with E-state index < -0.39 is 22.5 Å². The van der Waals surface area contributed by atoms with Gasteiger partial charge in [0.25, 0.3) is 6.43 Å². The standard InChI is InChI=1S/C30H35F2N5O4S/c1-20-30(38)35(4)26-12-11-25(33-29(26)37(20)21-14-16-36(17-15-21)19-28(31)32)24-18-23(42(39,40)34(2)3)10-13-27(24)41-22-8-6-5-7-9-22/h5-13,18,20-21,28H,14-17,19H2,1-4H3/t20-/m1/s1. The lowest BCUT2D eigenvalue weighted by Crippen LogP contribution is -2.57. The lowest BCUT2D eigenvalue weighted by atomic mass is 9.98. The molecule has 0 radical (unpaired) electrons. The zero-order valence-corrected chi connectivity index (χ0v) is 24.9. The Morgan fingerprint density at radius 2 is 1.74 bits per heavy atom. The summed E-state index contributed by atoms with van der Waals surface area (Å²) in [6.45, 7) is 2.56. The molecule has 0 saturated carbocycles. The third-order valence-corrected chi connectivity index (χ3v) is 9.70. The number of piperidine rings is 1. The molecular formula is C30H35F2N5O4S. The number of nitrogens with zero attached hydrogens (tertiary/aromatic N) is 5.